The topological polar surface area (TPSA) is 78.0 Å². The molecule has 1 aliphatic carbocycles. The third kappa shape index (κ3) is 4.43. The highest BCUT2D eigenvalue weighted by molar-refractivity contribution is 6.05. The van der Waals surface area contributed by atoms with Crippen molar-refractivity contribution in [3.8, 4) is 11.5 Å². The summed E-state index contributed by atoms with van der Waals surface area (Å²) < 4.78 is 16.4. The molecule has 35 heavy (non-hydrogen) atoms. The SMILES string of the molecule is COc1cc2c(cc1OC)CN(C(=O)COC(=O)c1c3c(nc4ccccc14)CCC(C)C3)CC2. The van der Waals surface area contributed by atoms with Gasteiger partial charge >= 0.3 is 5.97 Å². The number of aryl methyl sites for hydroxylation is 1. The van der Waals surface area contributed by atoms with Gasteiger partial charge in [-0.2, -0.15) is 0 Å². The zero-order chi connectivity index (χ0) is 24.5. The highest BCUT2D eigenvalue weighted by Crippen LogP contribution is 2.34. The van der Waals surface area contributed by atoms with E-state index in [1.165, 1.54) is 0 Å². The number of pyridine rings is 1. The number of hydrogen-bond acceptors (Lipinski definition) is 6. The van der Waals surface area contributed by atoms with E-state index in [1.807, 2.05) is 36.4 Å². The van der Waals surface area contributed by atoms with Crippen LogP contribution in [-0.4, -0.2) is 49.1 Å². The summed E-state index contributed by atoms with van der Waals surface area (Å²) in [7, 11) is 3.21. The normalized spacial score (nSPS) is 16.9. The lowest BCUT2D eigenvalue weighted by Crippen LogP contribution is -2.38. The molecule has 0 bridgehead atoms. The van der Waals surface area contributed by atoms with Crippen LogP contribution >= 0.6 is 0 Å². The molecule has 0 fully saturated rings. The molecule has 1 aliphatic heterocycles. The second kappa shape index (κ2) is 9.56. The van der Waals surface area contributed by atoms with Crippen molar-refractivity contribution >= 4 is 22.8 Å². The molecule has 7 nitrogen and oxygen atoms in total. The number of amides is 1. The van der Waals surface area contributed by atoms with E-state index in [0.717, 1.165) is 52.5 Å². The number of rotatable bonds is 5. The number of aromatic nitrogens is 1. The fourth-order valence-corrected chi connectivity index (χ4v) is 5.18. The minimum Gasteiger partial charge on any atom is -0.493 e. The van der Waals surface area contributed by atoms with Crippen LogP contribution in [-0.2, 0) is 35.3 Å². The van der Waals surface area contributed by atoms with Crippen LogP contribution in [0.5, 0.6) is 11.5 Å². The fourth-order valence-electron chi connectivity index (χ4n) is 5.18. The van der Waals surface area contributed by atoms with E-state index < -0.39 is 5.97 Å². The number of methoxy groups -OCH3 is 2. The van der Waals surface area contributed by atoms with Crippen LogP contribution in [0.3, 0.4) is 0 Å². The molecule has 7 heteroatoms. The van der Waals surface area contributed by atoms with E-state index in [2.05, 4.69) is 6.92 Å². The molecular formula is C28H30N2O5. The first-order valence-electron chi connectivity index (χ1n) is 12.1. The third-order valence-corrected chi connectivity index (χ3v) is 7.11. The summed E-state index contributed by atoms with van der Waals surface area (Å²) >= 11 is 0. The summed E-state index contributed by atoms with van der Waals surface area (Å²) in [5.74, 6) is 1.13. The Hall–Kier alpha value is -3.61. The van der Waals surface area contributed by atoms with Crippen LogP contribution in [0.4, 0.5) is 0 Å². The Kier molecular flexibility index (Phi) is 6.32. The van der Waals surface area contributed by atoms with E-state index >= 15 is 0 Å². The molecule has 1 atom stereocenters. The van der Waals surface area contributed by atoms with E-state index in [4.69, 9.17) is 19.2 Å². The van der Waals surface area contributed by atoms with E-state index in [9.17, 15) is 9.59 Å². The molecule has 5 rings (SSSR count). The average molecular weight is 475 g/mol. The van der Waals surface area contributed by atoms with Gasteiger partial charge in [0.1, 0.15) is 0 Å². The van der Waals surface area contributed by atoms with E-state index in [-0.39, 0.29) is 12.5 Å². The van der Waals surface area contributed by atoms with Crippen molar-refractivity contribution in [1.29, 1.82) is 0 Å². The number of carbonyl (C=O) groups is 2. The molecule has 3 aromatic rings. The van der Waals surface area contributed by atoms with Gasteiger partial charge in [0.05, 0.1) is 25.3 Å². The monoisotopic (exact) mass is 474 g/mol. The first kappa shape index (κ1) is 23.1. The van der Waals surface area contributed by atoms with Crippen molar-refractivity contribution in [3.63, 3.8) is 0 Å². The Morgan fingerprint density at radius 2 is 1.80 bits per heavy atom. The molecule has 2 aliphatic rings. The third-order valence-electron chi connectivity index (χ3n) is 7.11. The second-order valence-electron chi connectivity index (χ2n) is 9.39. The van der Waals surface area contributed by atoms with Crippen LogP contribution in [0.2, 0.25) is 0 Å². The Morgan fingerprint density at radius 3 is 2.57 bits per heavy atom. The maximum atomic E-state index is 13.3. The summed E-state index contributed by atoms with van der Waals surface area (Å²) in [5.41, 5.74) is 5.43. The highest BCUT2D eigenvalue weighted by atomic mass is 16.5. The van der Waals surface area contributed by atoms with Crippen LogP contribution < -0.4 is 9.47 Å². The number of carbonyl (C=O) groups excluding carboxylic acids is 2. The Labute approximate surface area is 205 Å². The maximum absolute atomic E-state index is 13.3. The van der Waals surface area contributed by atoms with E-state index in [0.29, 0.717) is 42.5 Å². The maximum Gasteiger partial charge on any atom is 0.339 e. The van der Waals surface area contributed by atoms with Gasteiger partial charge in [0.2, 0.25) is 0 Å². The smallest absolute Gasteiger partial charge is 0.339 e. The molecule has 2 aromatic carbocycles. The second-order valence-corrected chi connectivity index (χ2v) is 9.39. The number of benzene rings is 2. The van der Waals surface area contributed by atoms with Gasteiger partial charge in [0, 0.05) is 24.2 Å². The van der Waals surface area contributed by atoms with Crippen LogP contribution in [0.25, 0.3) is 10.9 Å². The van der Waals surface area contributed by atoms with Crippen molar-refractivity contribution in [2.45, 2.75) is 39.2 Å². The van der Waals surface area contributed by atoms with Crippen LogP contribution in [0.15, 0.2) is 36.4 Å². The Morgan fingerprint density at radius 1 is 1.06 bits per heavy atom. The summed E-state index contributed by atoms with van der Waals surface area (Å²) in [6.07, 6.45) is 3.40. The van der Waals surface area contributed by atoms with Gasteiger partial charge in [-0.3, -0.25) is 9.78 Å². The van der Waals surface area contributed by atoms with Gasteiger partial charge in [0.25, 0.3) is 5.91 Å². The predicted octanol–water partition coefficient (Wildman–Crippen LogP) is 4.12. The van der Waals surface area contributed by atoms with Gasteiger partial charge in [-0.1, -0.05) is 25.1 Å². The van der Waals surface area contributed by atoms with Crippen LogP contribution in [0.1, 0.15) is 46.1 Å². The molecule has 1 aromatic heterocycles. The molecule has 182 valence electrons. The number of esters is 1. The lowest BCUT2D eigenvalue weighted by molar-refractivity contribution is -0.135. The molecule has 0 N–H and O–H groups in total. The fraction of sp³-hybridized carbons (Fsp3) is 0.393. The average Bonchev–Trinajstić information content (AvgIpc) is 2.89. The quantitative estimate of drug-likeness (QED) is 0.518. The van der Waals surface area contributed by atoms with Gasteiger partial charge in [-0.05, 0) is 66.5 Å². The minimum absolute atomic E-state index is 0.209. The van der Waals surface area contributed by atoms with Crippen molar-refractivity contribution in [2.24, 2.45) is 5.92 Å². The van der Waals surface area contributed by atoms with Gasteiger partial charge in [-0.15, -0.1) is 0 Å². The highest BCUT2D eigenvalue weighted by Gasteiger charge is 2.28. The van der Waals surface area contributed by atoms with Gasteiger partial charge in [0.15, 0.2) is 18.1 Å². The molecule has 1 amide bonds. The largest absolute Gasteiger partial charge is 0.493 e. The summed E-state index contributed by atoms with van der Waals surface area (Å²) in [5, 5.41) is 0.783. The predicted molar refractivity (Wildman–Crippen MR) is 132 cm³/mol. The summed E-state index contributed by atoms with van der Waals surface area (Å²) in [6.45, 7) is 2.90. The Balaban J connectivity index is 1.33. The first-order chi connectivity index (χ1) is 17.0. The van der Waals surface area contributed by atoms with Gasteiger partial charge in [-0.25, -0.2) is 4.79 Å². The van der Waals surface area contributed by atoms with Crippen molar-refractivity contribution in [2.75, 3.05) is 27.4 Å². The lowest BCUT2D eigenvalue weighted by Gasteiger charge is -2.29. The zero-order valence-corrected chi connectivity index (χ0v) is 20.4. The summed E-state index contributed by atoms with van der Waals surface area (Å²) in [4.78, 5) is 32.9. The molecular weight excluding hydrogens is 444 g/mol. The molecule has 0 radical (unpaired) electrons. The van der Waals surface area contributed by atoms with Gasteiger partial charge < -0.3 is 19.1 Å². The molecule has 0 spiro atoms. The van der Waals surface area contributed by atoms with Crippen molar-refractivity contribution in [3.05, 3.63) is 64.3 Å². The first-order valence-corrected chi connectivity index (χ1v) is 12.1. The molecule has 2 heterocycles. The van der Waals surface area contributed by atoms with Crippen molar-refractivity contribution < 1.29 is 23.8 Å². The Bertz CT molecular complexity index is 1300. The number of nitrogens with zero attached hydrogens (tertiary/aromatic N) is 2. The number of fused-ring (bicyclic) bond motifs is 3. The number of ether oxygens (including phenoxy) is 3. The van der Waals surface area contributed by atoms with Crippen molar-refractivity contribution in [1.82, 2.24) is 9.88 Å². The van der Waals surface area contributed by atoms with Crippen LogP contribution in [0, 0.1) is 5.92 Å². The zero-order valence-electron chi connectivity index (χ0n) is 20.4. The molecule has 1 unspecified atom stereocenters. The standard InChI is InChI=1S/C28H30N2O5/c1-17-8-9-23-21(12-17)27(20-6-4-5-7-22(20)29-23)28(32)35-16-26(31)30-11-10-18-13-24(33-2)25(34-3)14-19(18)15-30/h4-7,13-14,17H,8-12,15-16H2,1-3H3. The minimum atomic E-state index is -0.453. The van der Waals surface area contributed by atoms with E-state index in [1.54, 1.807) is 19.1 Å². The number of para-hydroxylation sites is 1. The number of hydrogen-bond donors (Lipinski definition) is 0. The lowest BCUT2D eigenvalue weighted by atomic mass is 9.84. The summed E-state index contributed by atoms with van der Waals surface area (Å²) in [6, 6.07) is 11.5. The molecule has 0 saturated carbocycles. The molecule has 0 saturated heterocycles.